The van der Waals surface area contributed by atoms with Gasteiger partial charge in [-0.15, -0.1) is 0 Å². The van der Waals surface area contributed by atoms with Crippen LogP contribution in [0.5, 0.6) is 0 Å². The molecule has 0 spiro atoms. The Bertz CT molecular complexity index is 321. The van der Waals surface area contributed by atoms with Crippen molar-refractivity contribution in [2.45, 2.75) is 83.4 Å². The zero-order valence-corrected chi connectivity index (χ0v) is 14.9. The molecule has 1 aliphatic carbocycles. The molecule has 0 aromatic heterocycles. The maximum Gasteiger partial charge on any atom is 0.0634 e. The normalized spacial score (nSPS) is 28.7. The molecule has 1 unspecified atom stereocenters. The molecule has 0 bridgehead atoms. The Kier molecular flexibility index (Phi) is 5.72. The lowest BCUT2D eigenvalue weighted by molar-refractivity contribution is -0.0128. The van der Waals surface area contributed by atoms with Gasteiger partial charge in [0, 0.05) is 38.3 Å². The van der Waals surface area contributed by atoms with Crippen molar-refractivity contribution < 1.29 is 4.74 Å². The Balaban J connectivity index is 1.99. The molecule has 3 heteroatoms. The lowest BCUT2D eigenvalue weighted by Crippen LogP contribution is -2.63. The summed E-state index contributed by atoms with van der Waals surface area (Å²) in [4.78, 5) is 2.76. The molecule has 3 nitrogen and oxygen atoms in total. The van der Waals surface area contributed by atoms with Gasteiger partial charge in [-0.3, -0.25) is 4.90 Å². The largest absolute Gasteiger partial charge is 0.379 e. The van der Waals surface area contributed by atoms with Gasteiger partial charge >= 0.3 is 0 Å². The zero-order valence-electron chi connectivity index (χ0n) is 14.9. The summed E-state index contributed by atoms with van der Waals surface area (Å²) >= 11 is 0. The van der Waals surface area contributed by atoms with Crippen LogP contribution in [0.15, 0.2) is 0 Å². The highest BCUT2D eigenvalue weighted by molar-refractivity contribution is 4.95. The van der Waals surface area contributed by atoms with Gasteiger partial charge in [0.25, 0.3) is 0 Å². The maximum atomic E-state index is 5.62. The summed E-state index contributed by atoms with van der Waals surface area (Å²) in [5.74, 6) is 0.896. The van der Waals surface area contributed by atoms with E-state index in [4.69, 9.17) is 4.74 Å². The molecule has 2 rings (SSSR count). The Hall–Kier alpha value is -0.120. The minimum atomic E-state index is -0.00780. The van der Waals surface area contributed by atoms with Crippen molar-refractivity contribution in [3.05, 3.63) is 0 Å². The molecule has 1 N–H and O–H groups in total. The van der Waals surface area contributed by atoms with E-state index in [0.717, 1.165) is 38.0 Å². The summed E-state index contributed by atoms with van der Waals surface area (Å²) in [6.07, 6.45) is 8.28. The summed E-state index contributed by atoms with van der Waals surface area (Å²) < 4.78 is 5.62. The Labute approximate surface area is 131 Å². The summed E-state index contributed by atoms with van der Waals surface area (Å²) in [6.45, 7) is 12.6. The van der Waals surface area contributed by atoms with Gasteiger partial charge in [0.15, 0.2) is 0 Å². The summed E-state index contributed by atoms with van der Waals surface area (Å²) in [7, 11) is 1.83. The van der Waals surface area contributed by atoms with Crippen LogP contribution in [0, 0.1) is 5.92 Å². The van der Waals surface area contributed by atoms with Crippen LogP contribution in [0.3, 0.4) is 0 Å². The van der Waals surface area contributed by atoms with Crippen molar-refractivity contribution in [2.24, 2.45) is 5.92 Å². The number of ether oxygens (including phenoxy) is 1. The summed E-state index contributed by atoms with van der Waals surface area (Å²) in [5.41, 5.74) is 0.231. The van der Waals surface area contributed by atoms with Crippen molar-refractivity contribution in [3.8, 4) is 0 Å². The first kappa shape index (κ1) is 17.2. The molecule has 1 heterocycles. The van der Waals surface area contributed by atoms with Crippen molar-refractivity contribution in [1.29, 1.82) is 0 Å². The average Bonchev–Trinajstić information content (AvgIpc) is 2.45. The summed E-state index contributed by atoms with van der Waals surface area (Å²) in [6, 6.07) is 0.728. The highest BCUT2D eigenvalue weighted by Crippen LogP contribution is 2.32. The molecule has 2 fully saturated rings. The Morgan fingerprint density at radius 3 is 2.48 bits per heavy atom. The van der Waals surface area contributed by atoms with Crippen LogP contribution in [0.25, 0.3) is 0 Å². The highest BCUT2D eigenvalue weighted by atomic mass is 16.5. The van der Waals surface area contributed by atoms with Crippen LogP contribution in [0.2, 0.25) is 0 Å². The first-order valence-electron chi connectivity index (χ1n) is 8.87. The first-order valence-corrected chi connectivity index (χ1v) is 8.87. The third-order valence-electron chi connectivity index (χ3n) is 5.60. The van der Waals surface area contributed by atoms with Crippen LogP contribution < -0.4 is 5.32 Å². The second kappa shape index (κ2) is 6.97. The van der Waals surface area contributed by atoms with Crippen molar-refractivity contribution in [1.82, 2.24) is 10.2 Å². The van der Waals surface area contributed by atoms with Gasteiger partial charge in [0.05, 0.1) is 5.60 Å². The Morgan fingerprint density at radius 2 is 1.86 bits per heavy atom. The number of rotatable bonds is 5. The number of piperazine rings is 1. The lowest BCUT2D eigenvalue weighted by Gasteiger charge is -2.49. The highest BCUT2D eigenvalue weighted by Gasteiger charge is 2.37. The van der Waals surface area contributed by atoms with E-state index in [1.54, 1.807) is 0 Å². The predicted octanol–water partition coefficient (Wildman–Crippen LogP) is 3.43. The van der Waals surface area contributed by atoms with Gasteiger partial charge in [0.1, 0.15) is 0 Å². The van der Waals surface area contributed by atoms with Gasteiger partial charge in [-0.05, 0) is 52.9 Å². The van der Waals surface area contributed by atoms with Crippen molar-refractivity contribution in [3.63, 3.8) is 0 Å². The van der Waals surface area contributed by atoms with E-state index in [2.05, 4.69) is 37.9 Å². The van der Waals surface area contributed by atoms with Gasteiger partial charge in [-0.1, -0.05) is 19.3 Å². The number of hydrogen-bond donors (Lipinski definition) is 1. The van der Waals surface area contributed by atoms with Crippen LogP contribution in [0.4, 0.5) is 0 Å². The number of nitrogens with zero attached hydrogens (tertiary/aromatic N) is 1. The second-order valence-electron chi connectivity index (χ2n) is 8.41. The smallest absolute Gasteiger partial charge is 0.0634 e. The molecule has 1 atom stereocenters. The first-order chi connectivity index (χ1) is 9.83. The average molecular weight is 296 g/mol. The van der Waals surface area contributed by atoms with Crippen molar-refractivity contribution >= 4 is 0 Å². The molecule has 0 amide bonds. The SMILES string of the molecule is COC(C)(C)CCN1CC(C)(C)NCC1C1CCCCC1. The number of nitrogens with one attached hydrogen (secondary N) is 1. The quantitative estimate of drug-likeness (QED) is 0.841. The van der Waals surface area contributed by atoms with Crippen LogP contribution in [-0.4, -0.2) is 48.8 Å². The monoisotopic (exact) mass is 296 g/mol. The van der Waals surface area contributed by atoms with Crippen molar-refractivity contribution in [2.75, 3.05) is 26.7 Å². The minimum Gasteiger partial charge on any atom is -0.379 e. The number of hydrogen-bond acceptors (Lipinski definition) is 3. The molecule has 21 heavy (non-hydrogen) atoms. The molecule has 1 saturated heterocycles. The Morgan fingerprint density at radius 1 is 1.19 bits per heavy atom. The summed E-state index contributed by atoms with van der Waals surface area (Å²) in [5, 5.41) is 3.77. The fourth-order valence-electron chi connectivity index (χ4n) is 3.93. The van der Waals surface area contributed by atoms with Gasteiger partial charge in [-0.2, -0.15) is 0 Å². The topological polar surface area (TPSA) is 24.5 Å². The molecule has 0 aromatic rings. The minimum absolute atomic E-state index is 0.00780. The molecule has 0 aromatic carbocycles. The molecule has 124 valence electrons. The maximum absolute atomic E-state index is 5.62. The lowest BCUT2D eigenvalue weighted by atomic mass is 9.81. The van der Waals surface area contributed by atoms with E-state index in [1.807, 2.05) is 7.11 Å². The molecule has 1 aliphatic heterocycles. The standard InChI is InChI=1S/C18H36N2O/c1-17(2)14-20(12-11-18(3,4)21-5)16(13-19-17)15-9-7-6-8-10-15/h15-16,19H,6-14H2,1-5H3. The number of methoxy groups -OCH3 is 1. The fourth-order valence-corrected chi connectivity index (χ4v) is 3.93. The van der Waals surface area contributed by atoms with E-state index in [9.17, 15) is 0 Å². The molecule has 2 aliphatic rings. The van der Waals surface area contributed by atoms with E-state index in [0.29, 0.717) is 0 Å². The van der Waals surface area contributed by atoms with E-state index < -0.39 is 0 Å². The van der Waals surface area contributed by atoms with Gasteiger partial charge in [-0.25, -0.2) is 0 Å². The van der Waals surface area contributed by atoms with Crippen LogP contribution in [-0.2, 0) is 4.74 Å². The van der Waals surface area contributed by atoms with E-state index in [1.165, 1.54) is 32.1 Å². The third-order valence-corrected chi connectivity index (χ3v) is 5.60. The zero-order chi connectivity index (χ0) is 15.5. The van der Waals surface area contributed by atoms with Crippen LogP contribution in [0.1, 0.15) is 66.2 Å². The van der Waals surface area contributed by atoms with Crippen LogP contribution >= 0.6 is 0 Å². The second-order valence-corrected chi connectivity index (χ2v) is 8.41. The predicted molar refractivity (Wildman–Crippen MR) is 89.7 cm³/mol. The molecular weight excluding hydrogens is 260 g/mol. The fraction of sp³-hybridized carbons (Fsp3) is 1.00. The van der Waals surface area contributed by atoms with E-state index in [-0.39, 0.29) is 11.1 Å². The molecule has 1 saturated carbocycles. The molecule has 0 radical (unpaired) electrons. The third kappa shape index (κ3) is 4.94. The van der Waals surface area contributed by atoms with Gasteiger partial charge in [0.2, 0.25) is 0 Å². The van der Waals surface area contributed by atoms with E-state index >= 15 is 0 Å². The molecular formula is C18H36N2O. The van der Waals surface area contributed by atoms with Gasteiger partial charge < -0.3 is 10.1 Å².